The summed E-state index contributed by atoms with van der Waals surface area (Å²) in [5.74, 6) is 0.918. The number of hydrogen-bond acceptors (Lipinski definition) is 6. The van der Waals surface area contributed by atoms with Gasteiger partial charge in [-0.15, -0.1) is 0 Å². The summed E-state index contributed by atoms with van der Waals surface area (Å²) in [6.07, 6.45) is 4.72. The third-order valence-corrected chi connectivity index (χ3v) is 7.39. The Morgan fingerprint density at radius 2 is 1.83 bits per heavy atom. The molecule has 36 heavy (non-hydrogen) atoms. The number of hydrogen-bond donors (Lipinski definition) is 1. The maximum absolute atomic E-state index is 13.1. The van der Waals surface area contributed by atoms with Gasteiger partial charge >= 0.3 is 0 Å². The number of ether oxygens (including phenoxy) is 1. The molecule has 0 bridgehead atoms. The quantitative estimate of drug-likeness (QED) is 0.369. The average molecular weight is 504 g/mol. The van der Waals surface area contributed by atoms with Crippen LogP contribution in [0.2, 0.25) is 5.02 Å². The first-order valence-corrected chi connectivity index (χ1v) is 12.4. The van der Waals surface area contributed by atoms with E-state index in [1.807, 2.05) is 6.07 Å². The summed E-state index contributed by atoms with van der Waals surface area (Å²) in [4.78, 5) is 13.1. The Morgan fingerprint density at radius 1 is 1.11 bits per heavy atom. The first kappa shape index (κ1) is 25.8. The highest BCUT2D eigenvalue weighted by atomic mass is 35.5. The molecule has 0 spiro atoms. The number of aliphatic hydroxyl groups excluding tert-OH is 1. The minimum absolute atomic E-state index is 0.0151. The molecule has 186 valence electrons. The molecule has 7 heteroatoms. The summed E-state index contributed by atoms with van der Waals surface area (Å²) in [7, 11) is 0. The van der Waals surface area contributed by atoms with Gasteiger partial charge in [0, 0.05) is 23.1 Å². The van der Waals surface area contributed by atoms with Crippen molar-refractivity contribution in [3.8, 4) is 28.7 Å². The highest BCUT2D eigenvalue weighted by Crippen LogP contribution is 2.49. The number of carbonyl (C=O) groups excluding carboxylic acids is 1. The third-order valence-electron chi connectivity index (χ3n) is 7.09. The molecule has 0 radical (unpaired) electrons. The van der Waals surface area contributed by atoms with Gasteiger partial charge in [-0.2, -0.15) is 15.5 Å². The summed E-state index contributed by atoms with van der Waals surface area (Å²) >= 11 is 6.52. The fraction of sp³-hybridized carbons (Fsp3) is 0.379. The summed E-state index contributed by atoms with van der Waals surface area (Å²) in [6, 6.07) is 14.3. The number of nitrogens with zero attached hydrogens (tertiary/aromatic N) is 3. The number of ketones is 1. The Morgan fingerprint density at radius 3 is 2.44 bits per heavy atom. The van der Waals surface area contributed by atoms with Crippen LogP contribution in [0.3, 0.4) is 0 Å². The van der Waals surface area contributed by atoms with Crippen LogP contribution in [-0.4, -0.2) is 27.2 Å². The van der Waals surface area contributed by atoms with Crippen LogP contribution < -0.4 is 4.74 Å². The van der Waals surface area contributed by atoms with E-state index in [9.17, 15) is 15.2 Å². The van der Waals surface area contributed by atoms with Gasteiger partial charge in [-0.1, -0.05) is 51.4 Å². The van der Waals surface area contributed by atoms with Crippen LogP contribution in [0.15, 0.2) is 54.9 Å². The number of aliphatic hydroxyl groups is 1. The fourth-order valence-electron chi connectivity index (χ4n) is 5.66. The van der Waals surface area contributed by atoms with Crippen molar-refractivity contribution in [3.63, 3.8) is 0 Å². The zero-order valence-corrected chi connectivity index (χ0v) is 21.7. The number of carbonyl (C=O) groups is 1. The molecule has 6 nitrogen and oxygen atoms in total. The smallest absolute Gasteiger partial charge is 0.163 e. The monoisotopic (exact) mass is 503 g/mol. The highest BCUT2D eigenvalue weighted by Gasteiger charge is 2.46. The van der Waals surface area contributed by atoms with Gasteiger partial charge < -0.3 is 9.84 Å². The van der Waals surface area contributed by atoms with E-state index in [1.165, 1.54) is 0 Å². The van der Waals surface area contributed by atoms with Crippen LogP contribution in [-0.2, 0) is 0 Å². The van der Waals surface area contributed by atoms with E-state index in [0.29, 0.717) is 39.6 Å². The third kappa shape index (κ3) is 5.28. The maximum atomic E-state index is 13.1. The van der Waals surface area contributed by atoms with Crippen molar-refractivity contribution in [3.05, 3.63) is 71.0 Å². The topological polar surface area (TPSA) is 96.1 Å². The zero-order chi connectivity index (χ0) is 26.1. The summed E-state index contributed by atoms with van der Waals surface area (Å²) in [5.41, 5.74) is 1.80. The van der Waals surface area contributed by atoms with Crippen LogP contribution in [0.5, 0.6) is 11.5 Å². The lowest BCUT2D eigenvalue weighted by Crippen LogP contribution is -2.48. The molecule has 1 aliphatic rings. The minimum Gasteiger partial charge on any atom is -0.454 e. The van der Waals surface area contributed by atoms with Gasteiger partial charge in [-0.3, -0.25) is 4.79 Å². The second-order valence-corrected chi connectivity index (χ2v) is 11.4. The molecule has 0 aliphatic heterocycles. The van der Waals surface area contributed by atoms with Gasteiger partial charge in [0.05, 0.1) is 23.5 Å². The van der Waals surface area contributed by atoms with Crippen molar-refractivity contribution >= 4 is 17.4 Å². The van der Waals surface area contributed by atoms with Crippen LogP contribution >= 0.6 is 11.6 Å². The van der Waals surface area contributed by atoms with Crippen molar-refractivity contribution < 1.29 is 14.6 Å². The number of Topliss-reactive ketones (excluding diaryl/α,β-unsaturated/α-hetero) is 1. The molecular formula is C29H30ClN3O3. The molecule has 0 saturated heterocycles. The van der Waals surface area contributed by atoms with Crippen molar-refractivity contribution in [2.45, 2.75) is 53.1 Å². The van der Waals surface area contributed by atoms with E-state index in [0.717, 1.165) is 18.4 Å². The molecule has 2 aromatic carbocycles. The predicted molar refractivity (Wildman–Crippen MR) is 139 cm³/mol. The number of halogens is 1. The molecule has 1 N–H and O–H groups in total. The van der Waals surface area contributed by atoms with E-state index in [1.54, 1.807) is 48.8 Å². The first-order chi connectivity index (χ1) is 17.0. The van der Waals surface area contributed by atoms with E-state index < -0.39 is 6.10 Å². The van der Waals surface area contributed by atoms with Crippen molar-refractivity contribution in [1.29, 1.82) is 5.26 Å². The number of benzene rings is 2. The van der Waals surface area contributed by atoms with Gasteiger partial charge in [0.1, 0.15) is 23.1 Å². The molecule has 1 aromatic heterocycles. The first-order valence-electron chi connectivity index (χ1n) is 12.0. The Balaban J connectivity index is 1.52. The fourth-order valence-corrected chi connectivity index (χ4v) is 5.88. The van der Waals surface area contributed by atoms with Gasteiger partial charge in [-0.05, 0) is 59.9 Å². The van der Waals surface area contributed by atoms with Gasteiger partial charge in [0.15, 0.2) is 5.78 Å². The van der Waals surface area contributed by atoms with Crippen LogP contribution in [0.25, 0.3) is 11.1 Å². The molecule has 0 unspecified atom stereocenters. The van der Waals surface area contributed by atoms with Crippen LogP contribution in [0, 0.1) is 28.1 Å². The van der Waals surface area contributed by atoms with Gasteiger partial charge in [-0.25, -0.2) is 0 Å². The Hall–Kier alpha value is -3.27. The summed E-state index contributed by atoms with van der Waals surface area (Å²) in [5, 5.41) is 28.5. The second-order valence-electron chi connectivity index (χ2n) is 11.0. The standard InChI is InChI=1S/C29H30ClN3O3/c1-28(2)14-18(15-29(3,4)27(28)35)12-24(34)19-8-9-26(23(30)13-19)36-25-7-5-6-21(22(25)16-31)20-10-11-32-33-17-20/h5-11,13,17-18,27,35H,12,14-15H2,1-4H3. The van der Waals surface area contributed by atoms with Crippen LogP contribution in [0.1, 0.15) is 62.9 Å². The lowest BCUT2D eigenvalue weighted by Gasteiger charge is -2.49. The lowest BCUT2D eigenvalue weighted by atomic mass is 9.58. The Bertz CT molecular complexity index is 1300. The molecule has 1 heterocycles. The molecule has 1 fully saturated rings. The van der Waals surface area contributed by atoms with Crippen molar-refractivity contribution in [2.24, 2.45) is 16.7 Å². The van der Waals surface area contributed by atoms with E-state index in [-0.39, 0.29) is 22.5 Å². The predicted octanol–water partition coefficient (Wildman–Crippen LogP) is 6.86. The van der Waals surface area contributed by atoms with E-state index >= 15 is 0 Å². The molecular weight excluding hydrogens is 474 g/mol. The molecule has 0 amide bonds. The van der Waals surface area contributed by atoms with E-state index in [2.05, 4.69) is 44.0 Å². The molecule has 3 aromatic rings. The average Bonchev–Trinajstić information content (AvgIpc) is 2.83. The Kier molecular flexibility index (Phi) is 7.17. The summed E-state index contributed by atoms with van der Waals surface area (Å²) in [6.45, 7) is 8.26. The maximum Gasteiger partial charge on any atom is 0.163 e. The zero-order valence-electron chi connectivity index (χ0n) is 21.0. The summed E-state index contributed by atoms with van der Waals surface area (Å²) < 4.78 is 6.01. The largest absolute Gasteiger partial charge is 0.454 e. The molecule has 0 atom stereocenters. The lowest BCUT2D eigenvalue weighted by molar-refractivity contribution is -0.0944. The minimum atomic E-state index is -0.408. The second kappa shape index (κ2) is 10.0. The van der Waals surface area contributed by atoms with Gasteiger partial charge in [0.2, 0.25) is 0 Å². The highest BCUT2D eigenvalue weighted by molar-refractivity contribution is 6.32. The number of aromatic nitrogens is 2. The van der Waals surface area contributed by atoms with Gasteiger partial charge in [0.25, 0.3) is 0 Å². The number of nitriles is 1. The Labute approximate surface area is 216 Å². The van der Waals surface area contributed by atoms with Crippen LogP contribution in [0.4, 0.5) is 0 Å². The SMILES string of the molecule is CC1(C)CC(CC(=O)c2ccc(Oc3cccc(-c4ccnnc4)c3C#N)c(Cl)c2)CC(C)(C)C1O. The van der Waals surface area contributed by atoms with Crippen molar-refractivity contribution in [1.82, 2.24) is 10.2 Å². The van der Waals surface area contributed by atoms with E-state index in [4.69, 9.17) is 16.3 Å². The molecule has 4 rings (SSSR count). The molecule has 1 aliphatic carbocycles. The normalized spacial score (nSPS) is 20.4. The molecule has 1 saturated carbocycles. The van der Waals surface area contributed by atoms with Crippen molar-refractivity contribution in [2.75, 3.05) is 0 Å². The number of rotatable bonds is 6.